The Balaban J connectivity index is 1.43. The van der Waals surface area contributed by atoms with Gasteiger partial charge in [0.05, 0.1) is 4.90 Å². The van der Waals surface area contributed by atoms with Crippen molar-refractivity contribution in [3.8, 4) is 10.6 Å². The molecule has 2 aromatic carbocycles. The lowest BCUT2D eigenvalue weighted by Crippen LogP contribution is -2.50. The maximum Gasteiger partial charge on any atom is 0.273 e. The van der Waals surface area contributed by atoms with Gasteiger partial charge in [-0.15, -0.1) is 11.3 Å². The van der Waals surface area contributed by atoms with Crippen molar-refractivity contribution >= 4 is 38.9 Å². The summed E-state index contributed by atoms with van der Waals surface area (Å²) < 4.78 is 27.0. The van der Waals surface area contributed by atoms with Gasteiger partial charge in [-0.25, -0.2) is 13.4 Å². The highest BCUT2D eigenvalue weighted by Crippen LogP contribution is 2.25. The van der Waals surface area contributed by atoms with Gasteiger partial charge in [0, 0.05) is 42.1 Å². The summed E-state index contributed by atoms with van der Waals surface area (Å²) in [5.74, 6) is -0.176. The van der Waals surface area contributed by atoms with E-state index >= 15 is 0 Å². The normalized spacial score (nSPS) is 15.3. The third kappa shape index (κ3) is 4.27. The molecule has 1 fully saturated rings. The standard InChI is InChI=1S/C21H20ClN3O3S2/c1-15-5-7-16(8-6-15)20-23-19(14-29-20)21(26)24-9-11-25(12-10-24)30(27,28)18-4-2-3-17(22)13-18/h2-8,13-14H,9-12H2,1H3. The zero-order valence-electron chi connectivity index (χ0n) is 16.3. The minimum absolute atomic E-state index is 0.164. The van der Waals surface area contributed by atoms with Gasteiger partial charge in [-0.1, -0.05) is 47.5 Å². The van der Waals surface area contributed by atoms with Crippen molar-refractivity contribution in [2.45, 2.75) is 11.8 Å². The number of carbonyl (C=O) groups excluding carboxylic acids is 1. The molecule has 1 aliphatic heterocycles. The molecule has 1 amide bonds. The van der Waals surface area contributed by atoms with Gasteiger partial charge in [0.15, 0.2) is 0 Å². The second kappa shape index (κ2) is 8.47. The average Bonchev–Trinajstić information content (AvgIpc) is 3.24. The maximum absolute atomic E-state index is 12.9. The van der Waals surface area contributed by atoms with E-state index in [1.807, 2.05) is 31.2 Å². The van der Waals surface area contributed by atoms with Gasteiger partial charge >= 0.3 is 0 Å². The van der Waals surface area contributed by atoms with Crippen LogP contribution < -0.4 is 0 Å². The van der Waals surface area contributed by atoms with Gasteiger partial charge in [-0.3, -0.25) is 4.79 Å². The van der Waals surface area contributed by atoms with Crippen LogP contribution in [-0.2, 0) is 10.0 Å². The molecule has 156 valence electrons. The summed E-state index contributed by atoms with van der Waals surface area (Å²) in [5.41, 5.74) is 2.53. The van der Waals surface area contributed by atoms with Crippen LogP contribution in [0.2, 0.25) is 5.02 Å². The van der Waals surface area contributed by atoms with E-state index in [4.69, 9.17) is 11.6 Å². The molecule has 0 unspecified atom stereocenters. The smallest absolute Gasteiger partial charge is 0.273 e. The summed E-state index contributed by atoms with van der Waals surface area (Å²) in [6, 6.07) is 14.2. The summed E-state index contributed by atoms with van der Waals surface area (Å²) in [6.45, 7) is 3.12. The summed E-state index contributed by atoms with van der Waals surface area (Å²) in [6.07, 6.45) is 0. The third-order valence-corrected chi connectivity index (χ3v) is 8.00. The first-order chi connectivity index (χ1) is 14.3. The number of sulfonamides is 1. The molecule has 30 heavy (non-hydrogen) atoms. The summed E-state index contributed by atoms with van der Waals surface area (Å²) in [5, 5.41) is 2.92. The van der Waals surface area contributed by atoms with Crippen molar-refractivity contribution in [2.75, 3.05) is 26.2 Å². The van der Waals surface area contributed by atoms with E-state index in [9.17, 15) is 13.2 Å². The number of piperazine rings is 1. The number of hydrogen-bond acceptors (Lipinski definition) is 5. The van der Waals surface area contributed by atoms with E-state index in [1.54, 1.807) is 22.4 Å². The molecule has 2 heterocycles. The van der Waals surface area contributed by atoms with E-state index in [-0.39, 0.29) is 23.9 Å². The molecule has 0 bridgehead atoms. The van der Waals surface area contributed by atoms with Crippen molar-refractivity contribution in [3.63, 3.8) is 0 Å². The molecule has 0 saturated carbocycles. The van der Waals surface area contributed by atoms with E-state index < -0.39 is 10.0 Å². The van der Waals surface area contributed by atoms with Crippen molar-refractivity contribution in [1.82, 2.24) is 14.2 Å². The number of thiazole rings is 1. The molecule has 0 N–H and O–H groups in total. The van der Waals surface area contributed by atoms with Crippen molar-refractivity contribution < 1.29 is 13.2 Å². The molecule has 3 aromatic rings. The Morgan fingerprint density at radius 2 is 1.77 bits per heavy atom. The van der Waals surface area contributed by atoms with Gasteiger partial charge in [0.25, 0.3) is 5.91 Å². The van der Waals surface area contributed by atoms with E-state index in [2.05, 4.69) is 4.98 Å². The van der Waals surface area contributed by atoms with E-state index in [1.165, 1.54) is 27.8 Å². The summed E-state index contributed by atoms with van der Waals surface area (Å²) >= 11 is 7.36. The second-order valence-corrected chi connectivity index (χ2v) is 10.3. The Labute approximate surface area is 184 Å². The van der Waals surface area contributed by atoms with Crippen LogP contribution >= 0.6 is 22.9 Å². The number of benzene rings is 2. The van der Waals surface area contributed by atoms with Crippen LogP contribution in [0.4, 0.5) is 0 Å². The number of hydrogen-bond donors (Lipinski definition) is 0. The van der Waals surface area contributed by atoms with E-state index in [0.29, 0.717) is 23.8 Å². The Morgan fingerprint density at radius 1 is 1.07 bits per heavy atom. The van der Waals surface area contributed by atoms with Gasteiger partial charge in [-0.05, 0) is 25.1 Å². The number of rotatable bonds is 4. The zero-order chi connectivity index (χ0) is 21.3. The molecule has 1 aliphatic rings. The Hall–Kier alpha value is -2.26. The van der Waals surface area contributed by atoms with Crippen LogP contribution in [0.25, 0.3) is 10.6 Å². The van der Waals surface area contributed by atoms with Crippen LogP contribution in [0, 0.1) is 6.92 Å². The fourth-order valence-corrected chi connectivity index (χ4v) is 5.79. The first-order valence-corrected chi connectivity index (χ1v) is 12.1. The van der Waals surface area contributed by atoms with Crippen LogP contribution in [0.5, 0.6) is 0 Å². The van der Waals surface area contributed by atoms with Crippen molar-refractivity contribution in [2.24, 2.45) is 0 Å². The summed E-state index contributed by atoms with van der Waals surface area (Å²) in [7, 11) is -3.64. The lowest BCUT2D eigenvalue weighted by molar-refractivity contribution is 0.0693. The highest BCUT2D eigenvalue weighted by Gasteiger charge is 2.31. The fourth-order valence-electron chi connectivity index (χ4n) is 3.27. The Morgan fingerprint density at radius 3 is 2.43 bits per heavy atom. The van der Waals surface area contributed by atoms with Crippen molar-refractivity contribution in [1.29, 1.82) is 0 Å². The quantitative estimate of drug-likeness (QED) is 0.590. The topological polar surface area (TPSA) is 70.6 Å². The Bertz CT molecular complexity index is 1170. The molecule has 9 heteroatoms. The van der Waals surface area contributed by atoms with Gasteiger partial charge in [-0.2, -0.15) is 4.31 Å². The number of amides is 1. The van der Waals surface area contributed by atoms with Gasteiger partial charge < -0.3 is 4.90 Å². The molecule has 0 radical (unpaired) electrons. The lowest BCUT2D eigenvalue weighted by atomic mass is 10.2. The third-order valence-electron chi connectivity index (χ3n) is 4.98. The average molecular weight is 462 g/mol. The molecule has 0 aliphatic carbocycles. The van der Waals surface area contributed by atoms with Crippen LogP contribution in [0.15, 0.2) is 58.8 Å². The van der Waals surface area contributed by atoms with E-state index in [0.717, 1.165) is 16.1 Å². The molecule has 0 atom stereocenters. The second-order valence-electron chi connectivity index (χ2n) is 7.06. The highest BCUT2D eigenvalue weighted by molar-refractivity contribution is 7.89. The molecule has 0 spiro atoms. The minimum atomic E-state index is -3.64. The van der Waals surface area contributed by atoms with Crippen LogP contribution in [0.1, 0.15) is 16.1 Å². The molecule has 4 rings (SSSR count). The van der Waals surface area contributed by atoms with Crippen LogP contribution in [0.3, 0.4) is 0 Å². The predicted octanol–water partition coefficient (Wildman–Crippen LogP) is 3.92. The van der Waals surface area contributed by atoms with Gasteiger partial charge in [0.2, 0.25) is 10.0 Å². The largest absolute Gasteiger partial charge is 0.335 e. The first kappa shape index (κ1) is 21.0. The zero-order valence-corrected chi connectivity index (χ0v) is 18.7. The highest BCUT2D eigenvalue weighted by atomic mass is 35.5. The first-order valence-electron chi connectivity index (χ1n) is 9.42. The molecule has 6 nitrogen and oxygen atoms in total. The molecule has 1 aromatic heterocycles. The SMILES string of the molecule is Cc1ccc(-c2nc(C(=O)N3CCN(S(=O)(=O)c4cccc(Cl)c4)CC3)cs2)cc1. The summed E-state index contributed by atoms with van der Waals surface area (Å²) in [4.78, 5) is 19.2. The minimum Gasteiger partial charge on any atom is -0.335 e. The molecular formula is C21H20ClN3O3S2. The van der Waals surface area contributed by atoms with Gasteiger partial charge in [0.1, 0.15) is 10.7 Å². The number of aryl methyl sites for hydroxylation is 1. The van der Waals surface area contributed by atoms with Crippen LogP contribution in [-0.4, -0.2) is 54.7 Å². The van der Waals surface area contributed by atoms with Crippen molar-refractivity contribution in [3.05, 3.63) is 70.2 Å². The molecular weight excluding hydrogens is 442 g/mol. The number of aromatic nitrogens is 1. The molecule has 1 saturated heterocycles. The lowest BCUT2D eigenvalue weighted by Gasteiger charge is -2.33. The Kier molecular flexibility index (Phi) is 5.92. The number of halogens is 1. The monoisotopic (exact) mass is 461 g/mol. The number of carbonyl (C=O) groups is 1. The predicted molar refractivity (Wildman–Crippen MR) is 118 cm³/mol. The number of nitrogens with zero attached hydrogens (tertiary/aromatic N) is 3. The fraction of sp³-hybridized carbons (Fsp3) is 0.238. The maximum atomic E-state index is 12.9.